The number of hydrogen-bond donors (Lipinski definition) is 2. The number of nitrogens with one attached hydrogen (secondary N) is 1. The summed E-state index contributed by atoms with van der Waals surface area (Å²) in [5.41, 5.74) is 6.73. The van der Waals surface area contributed by atoms with E-state index in [1.54, 1.807) is 18.2 Å². The summed E-state index contributed by atoms with van der Waals surface area (Å²) in [6.45, 7) is 1.81. The summed E-state index contributed by atoms with van der Waals surface area (Å²) in [7, 11) is 0. The Labute approximate surface area is 115 Å². The summed E-state index contributed by atoms with van der Waals surface area (Å²) in [5.74, 6) is -2.92. The Bertz CT molecular complexity index is 642. The Morgan fingerprint density at radius 1 is 1.20 bits per heavy atom. The van der Waals surface area contributed by atoms with E-state index in [0.717, 1.165) is 11.6 Å². The number of carbonyl (C=O) groups is 1. The third-order valence-electron chi connectivity index (χ3n) is 2.87. The Morgan fingerprint density at radius 3 is 2.60 bits per heavy atom. The topological polar surface area (TPSA) is 55.1 Å². The first-order chi connectivity index (χ1) is 9.49. The number of nitrogens with two attached hydrogens (primary N) is 1. The van der Waals surface area contributed by atoms with Crippen LogP contribution in [0.15, 0.2) is 42.5 Å². The van der Waals surface area contributed by atoms with E-state index in [-0.39, 0.29) is 11.6 Å². The van der Waals surface area contributed by atoms with Gasteiger partial charge in [0.2, 0.25) is 0 Å². The largest absolute Gasteiger partial charge is 0.324 e. The molecule has 0 radical (unpaired) electrons. The summed E-state index contributed by atoms with van der Waals surface area (Å²) >= 11 is 0. The van der Waals surface area contributed by atoms with Crippen molar-refractivity contribution in [3.05, 3.63) is 65.2 Å². The highest BCUT2D eigenvalue weighted by Crippen LogP contribution is 2.18. The fourth-order valence-corrected chi connectivity index (χ4v) is 1.78. The number of benzene rings is 2. The van der Waals surface area contributed by atoms with Crippen LogP contribution in [0.5, 0.6) is 0 Å². The number of halogens is 2. The molecule has 3 N–H and O–H groups in total. The second-order valence-corrected chi connectivity index (χ2v) is 4.47. The van der Waals surface area contributed by atoms with Crippen molar-refractivity contribution in [2.75, 3.05) is 5.32 Å². The van der Waals surface area contributed by atoms with Crippen molar-refractivity contribution in [2.45, 2.75) is 13.0 Å². The van der Waals surface area contributed by atoms with Gasteiger partial charge in [0.25, 0.3) is 5.91 Å². The van der Waals surface area contributed by atoms with E-state index < -0.39 is 17.5 Å². The summed E-state index contributed by atoms with van der Waals surface area (Å²) in [5, 5.41) is 2.52. The number of amides is 1. The molecule has 20 heavy (non-hydrogen) atoms. The monoisotopic (exact) mass is 276 g/mol. The molecule has 0 aliphatic rings. The molecule has 3 nitrogen and oxygen atoms in total. The zero-order chi connectivity index (χ0) is 14.7. The van der Waals surface area contributed by atoms with Gasteiger partial charge in [-0.25, -0.2) is 8.78 Å². The van der Waals surface area contributed by atoms with Crippen LogP contribution in [0, 0.1) is 11.6 Å². The number of hydrogen-bond acceptors (Lipinski definition) is 2. The molecule has 1 amide bonds. The molecule has 0 bridgehead atoms. The van der Waals surface area contributed by atoms with Gasteiger partial charge in [0.15, 0.2) is 11.6 Å². The lowest BCUT2D eigenvalue weighted by Crippen LogP contribution is -2.15. The Morgan fingerprint density at radius 2 is 1.90 bits per heavy atom. The van der Waals surface area contributed by atoms with Crippen molar-refractivity contribution >= 4 is 11.6 Å². The average molecular weight is 276 g/mol. The highest BCUT2D eigenvalue weighted by atomic mass is 19.2. The first-order valence-corrected chi connectivity index (χ1v) is 6.10. The quantitative estimate of drug-likeness (QED) is 0.904. The van der Waals surface area contributed by atoms with Crippen LogP contribution in [0.25, 0.3) is 0 Å². The maximum atomic E-state index is 13.5. The fourth-order valence-electron chi connectivity index (χ4n) is 1.78. The van der Waals surface area contributed by atoms with Gasteiger partial charge in [-0.15, -0.1) is 0 Å². The molecule has 0 saturated heterocycles. The molecule has 5 heteroatoms. The zero-order valence-electron chi connectivity index (χ0n) is 10.9. The highest BCUT2D eigenvalue weighted by molar-refractivity contribution is 6.04. The second kappa shape index (κ2) is 5.79. The Balaban J connectivity index is 2.24. The number of carbonyl (C=O) groups excluding carboxylic acids is 1. The van der Waals surface area contributed by atoms with Crippen molar-refractivity contribution in [3.8, 4) is 0 Å². The van der Waals surface area contributed by atoms with Crippen LogP contribution in [0.2, 0.25) is 0 Å². The molecule has 2 rings (SSSR count). The molecule has 0 fully saturated rings. The third-order valence-corrected chi connectivity index (χ3v) is 2.87. The molecule has 0 heterocycles. The van der Waals surface area contributed by atoms with Crippen LogP contribution in [0.4, 0.5) is 14.5 Å². The van der Waals surface area contributed by atoms with Crippen molar-refractivity contribution in [1.29, 1.82) is 0 Å². The molecule has 0 spiro atoms. The lowest BCUT2D eigenvalue weighted by Gasteiger charge is -2.10. The van der Waals surface area contributed by atoms with Crippen molar-refractivity contribution in [1.82, 2.24) is 0 Å². The fraction of sp³-hybridized carbons (Fsp3) is 0.133. The van der Waals surface area contributed by atoms with Crippen LogP contribution in [-0.4, -0.2) is 5.91 Å². The van der Waals surface area contributed by atoms with E-state index in [0.29, 0.717) is 5.69 Å². The minimum Gasteiger partial charge on any atom is -0.324 e. The van der Waals surface area contributed by atoms with Gasteiger partial charge in [0.1, 0.15) is 0 Å². The predicted molar refractivity (Wildman–Crippen MR) is 73.4 cm³/mol. The molecule has 2 aromatic rings. The number of anilines is 1. The van der Waals surface area contributed by atoms with Gasteiger partial charge >= 0.3 is 0 Å². The van der Waals surface area contributed by atoms with E-state index in [9.17, 15) is 13.6 Å². The molecule has 104 valence electrons. The highest BCUT2D eigenvalue weighted by Gasteiger charge is 2.15. The van der Waals surface area contributed by atoms with Crippen LogP contribution in [-0.2, 0) is 0 Å². The molecule has 0 aliphatic heterocycles. The van der Waals surface area contributed by atoms with Crippen LogP contribution >= 0.6 is 0 Å². The number of rotatable bonds is 3. The minimum absolute atomic E-state index is 0.183. The molecule has 1 atom stereocenters. The lowest BCUT2D eigenvalue weighted by molar-refractivity contribution is 0.102. The van der Waals surface area contributed by atoms with Gasteiger partial charge in [-0.05, 0) is 36.8 Å². The first-order valence-electron chi connectivity index (χ1n) is 6.10. The zero-order valence-corrected chi connectivity index (χ0v) is 10.9. The first kappa shape index (κ1) is 14.1. The maximum Gasteiger partial charge on any atom is 0.258 e. The molecular weight excluding hydrogens is 262 g/mol. The third kappa shape index (κ3) is 3.00. The Kier molecular flexibility index (Phi) is 4.10. The van der Waals surface area contributed by atoms with Crippen LogP contribution in [0.3, 0.4) is 0 Å². The van der Waals surface area contributed by atoms with E-state index in [2.05, 4.69) is 5.32 Å². The maximum absolute atomic E-state index is 13.5. The predicted octanol–water partition coefficient (Wildman–Crippen LogP) is 3.24. The van der Waals surface area contributed by atoms with Crippen molar-refractivity contribution in [3.63, 3.8) is 0 Å². The normalized spacial score (nSPS) is 12.0. The summed E-state index contributed by atoms with van der Waals surface area (Å²) in [6.07, 6.45) is 0. The van der Waals surface area contributed by atoms with Gasteiger partial charge in [-0.1, -0.05) is 18.2 Å². The Hall–Kier alpha value is -2.27. The molecule has 0 aromatic heterocycles. The van der Waals surface area contributed by atoms with E-state index in [1.807, 2.05) is 13.0 Å². The molecular formula is C15H14F2N2O. The SMILES string of the molecule is CC(N)c1cccc(NC(=O)c2cccc(F)c2F)c1. The molecule has 0 aliphatic carbocycles. The summed E-state index contributed by atoms with van der Waals surface area (Å²) in [4.78, 5) is 11.9. The van der Waals surface area contributed by atoms with Gasteiger partial charge in [-0.2, -0.15) is 0 Å². The van der Waals surface area contributed by atoms with Crippen molar-refractivity contribution in [2.24, 2.45) is 5.73 Å². The lowest BCUT2D eigenvalue weighted by atomic mass is 10.1. The van der Waals surface area contributed by atoms with Crippen LogP contribution in [0.1, 0.15) is 28.9 Å². The minimum atomic E-state index is -1.16. The van der Waals surface area contributed by atoms with Gasteiger partial charge in [-0.3, -0.25) is 4.79 Å². The summed E-state index contributed by atoms with van der Waals surface area (Å²) < 4.78 is 26.6. The second-order valence-electron chi connectivity index (χ2n) is 4.47. The van der Waals surface area contributed by atoms with Crippen LogP contribution < -0.4 is 11.1 Å². The smallest absolute Gasteiger partial charge is 0.258 e. The van der Waals surface area contributed by atoms with Gasteiger partial charge < -0.3 is 11.1 Å². The van der Waals surface area contributed by atoms with E-state index in [4.69, 9.17) is 5.73 Å². The van der Waals surface area contributed by atoms with E-state index in [1.165, 1.54) is 12.1 Å². The van der Waals surface area contributed by atoms with E-state index >= 15 is 0 Å². The molecule has 0 saturated carbocycles. The molecule has 2 aromatic carbocycles. The van der Waals surface area contributed by atoms with Gasteiger partial charge in [0, 0.05) is 11.7 Å². The van der Waals surface area contributed by atoms with Gasteiger partial charge in [0.05, 0.1) is 5.56 Å². The van der Waals surface area contributed by atoms with Crippen molar-refractivity contribution < 1.29 is 13.6 Å². The summed E-state index contributed by atoms with van der Waals surface area (Å²) in [6, 6.07) is 10.2. The molecule has 1 unspecified atom stereocenters. The average Bonchev–Trinajstić information content (AvgIpc) is 2.42. The standard InChI is InChI=1S/C15H14F2N2O/c1-9(18)10-4-2-5-11(8-10)19-15(20)12-6-3-7-13(16)14(12)17/h2-9H,18H2,1H3,(H,19,20).